The Balaban J connectivity index is 0.000000370. The van der Waals surface area contributed by atoms with Gasteiger partial charge in [-0.2, -0.15) is 0 Å². The summed E-state index contributed by atoms with van der Waals surface area (Å²) in [4.78, 5) is 19.6. The molecular formula is C14H22N2O4. The zero-order chi connectivity index (χ0) is 15.5. The minimum Gasteiger partial charge on any atom is -0.481 e. The largest absolute Gasteiger partial charge is 0.481 e. The molecule has 0 amide bonds. The van der Waals surface area contributed by atoms with Crippen LogP contribution in [0.2, 0.25) is 0 Å². The number of hydrogen-bond acceptors (Lipinski definition) is 4. The predicted octanol–water partition coefficient (Wildman–Crippen LogP) is 0.710. The van der Waals surface area contributed by atoms with Gasteiger partial charge in [0.25, 0.3) is 0 Å². The monoisotopic (exact) mass is 282 g/mol. The maximum Gasteiger partial charge on any atom is 0.321 e. The molecule has 0 spiro atoms. The van der Waals surface area contributed by atoms with E-state index >= 15 is 0 Å². The van der Waals surface area contributed by atoms with Gasteiger partial charge in [0.1, 0.15) is 6.04 Å². The molecule has 6 heteroatoms. The fourth-order valence-corrected chi connectivity index (χ4v) is 1.35. The van der Waals surface area contributed by atoms with Crippen molar-refractivity contribution in [1.82, 2.24) is 5.32 Å². The van der Waals surface area contributed by atoms with Crippen molar-refractivity contribution >= 4 is 11.9 Å². The average Bonchev–Trinajstić information content (AvgIpc) is 2.39. The number of hydrogen-bond donors (Lipinski definition) is 4. The van der Waals surface area contributed by atoms with Crippen molar-refractivity contribution in [3.05, 3.63) is 35.9 Å². The number of likely N-dealkylation sites (N-methyl/N-ethyl adjacent to an activating group) is 1. The molecule has 0 aromatic heterocycles. The topological polar surface area (TPSA) is 113 Å². The first kappa shape index (κ1) is 18.1. The van der Waals surface area contributed by atoms with E-state index in [4.69, 9.17) is 15.9 Å². The van der Waals surface area contributed by atoms with E-state index in [1.54, 1.807) is 0 Å². The van der Waals surface area contributed by atoms with Crippen molar-refractivity contribution in [2.45, 2.75) is 31.8 Å². The van der Waals surface area contributed by atoms with Crippen molar-refractivity contribution in [2.75, 3.05) is 7.05 Å². The molecule has 0 heterocycles. The highest BCUT2D eigenvalue weighted by Crippen LogP contribution is 2.01. The average molecular weight is 282 g/mol. The van der Waals surface area contributed by atoms with E-state index in [9.17, 15) is 9.59 Å². The first-order chi connectivity index (χ1) is 9.36. The Hall–Kier alpha value is -1.92. The minimum absolute atomic E-state index is 0.532. The molecule has 112 valence electrons. The van der Waals surface area contributed by atoms with Gasteiger partial charge in [-0.3, -0.25) is 9.59 Å². The lowest BCUT2D eigenvalue weighted by Crippen LogP contribution is -2.32. The van der Waals surface area contributed by atoms with Gasteiger partial charge in [0.2, 0.25) is 0 Å². The molecule has 0 radical (unpaired) electrons. The van der Waals surface area contributed by atoms with Crippen LogP contribution in [0.3, 0.4) is 0 Å². The fourth-order valence-electron chi connectivity index (χ4n) is 1.35. The maximum atomic E-state index is 9.85. The second-order valence-electron chi connectivity index (χ2n) is 4.42. The lowest BCUT2D eigenvalue weighted by atomic mass is 10.1. The van der Waals surface area contributed by atoms with Crippen LogP contribution in [0.5, 0.6) is 0 Å². The number of carbonyl (C=O) groups is 2. The molecule has 5 N–H and O–H groups in total. The van der Waals surface area contributed by atoms with E-state index in [1.807, 2.05) is 13.1 Å². The van der Waals surface area contributed by atoms with Gasteiger partial charge in [-0.15, -0.1) is 0 Å². The van der Waals surface area contributed by atoms with Gasteiger partial charge in [-0.05, 0) is 26.0 Å². The SMILES string of the molecule is CNC(C)Cc1ccccc1.N[C@@H](CC(=O)O)C(=O)O. The van der Waals surface area contributed by atoms with Crippen molar-refractivity contribution in [3.63, 3.8) is 0 Å². The first-order valence-corrected chi connectivity index (χ1v) is 6.28. The van der Waals surface area contributed by atoms with E-state index in [1.165, 1.54) is 5.56 Å². The van der Waals surface area contributed by atoms with E-state index in [0.717, 1.165) is 6.42 Å². The number of rotatable bonds is 6. The third kappa shape index (κ3) is 9.07. The maximum absolute atomic E-state index is 9.85. The molecule has 2 atom stereocenters. The molecule has 1 aromatic carbocycles. The Bertz CT molecular complexity index is 409. The number of nitrogens with one attached hydrogen (secondary N) is 1. The van der Waals surface area contributed by atoms with Crippen LogP contribution >= 0.6 is 0 Å². The smallest absolute Gasteiger partial charge is 0.321 e. The molecule has 0 aliphatic rings. The zero-order valence-electron chi connectivity index (χ0n) is 11.7. The third-order valence-electron chi connectivity index (χ3n) is 2.59. The standard InChI is InChI=1S/C10H15N.C4H7NO4/c1-9(11-2)8-10-6-4-3-5-7-10;5-2(4(8)9)1-3(6)7/h3-7,9,11H,8H2,1-2H3;2H,1,5H2,(H,6,7)(H,8,9)/t;2-/m.0/s1. The molecule has 0 aliphatic carbocycles. The fraction of sp³-hybridized carbons (Fsp3) is 0.429. The molecule has 0 saturated carbocycles. The third-order valence-corrected chi connectivity index (χ3v) is 2.59. The van der Waals surface area contributed by atoms with Crippen LogP contribution in [0.15, 0.2) is 30.3 Å². The Morgan fingerprint density at radius 1 is 1.25 bits per heavy atom. The Labute approximate surface area is 118 Å². The number of carboxylic acid groups (broad SMARTS) is 2. The molecule has 0 fully saturated rings. The van der Waals surface area contributed by atoms with E-state index in [0.29, 0.717) is 6.04 Å². The highest BCUT2D eigenvalue weighted by atomic mass is 16.4. The molecule has 0 bridgehead atoms. The molecule has 20 heavy (non-hydrogen) atoms. The van der Waals surface area contributed by atoms with Crippen LogP contribution in [-0.2, 0) is 16.0 Å². The second kappa shape index (κ2) is 9.94. The van der Waals surface area contributed by atoms with Crippen LogP contribution in [-0.4, -0.2) is 41.3 Å². The number of aliphatic carboxylic acids is 2. The quantitative estimate of drug-likeness (QED) is 0.611. The summed E-state index contributed by atoms with van der Waals surface area (Å²) in [6.07, 6.45) is 0.576. The summed E-state index contributed by atoms with van der Waals surface area (Å²) in [5, 5.41) is 19.2. The zero-order valence-corrected chi connectivity index (χ0v) is 11.7. The normalized spacial score (nSPS) is 12.8. The lowest BCUT2D eigenvalue weighted by Gasteiger charge is -2.08. The molecule has 0 aliphatic heterocycles. The van der Waals surface area contributed by atoms with Gasteiger partial charge >= 0.3 is 11.9 Å². The van der Waals surface area contributed by atoms with Crippen LogP contribution < -0.4 is 11.1 Å². The Morgan fingerprint density at radius 2 is 1.80 bits per heavy atom. The first-order valence-electron chi connectivity index (χ1n) is 6.28. The highest BCUT2D eigenvalue weighted by molar-refractivity contribution is 5.80. The van der Waals surface area contributed by atoms with Crippen LogP contribution in [0.25, 0.3) is 0 Å². The minimum atomic E-state index is -1.29. The predicted molar refractivity (Wildman–Crippen MR) is 76.5 cm³/mol. The van der Waals surface area contributed by atoms with E-state index in [-0.39, 0.29) is 0 Å². The molecule has 6 nitrogen and oxygen atoms in total. The Morgan fingerprint density at radius 3 is 2.15 bits per heavy atom. The summed E-state index contributed by atoms with van der Waals surface area (Å²) in [5.74, 6) is -2.50. The Kier molecular flexibility index (Phi) is 8.98. The van der Waals surface area contributed by atoms with Gasteiger partial charge in [-0.25, -0.2) is 0 Å². The number of nitrogens with two attached hydrogens (primary N) is 1. The van der Waals surface area contributed by atoms with Crippen molar-refractivity contribution in [2.24, 2.45) is 5.73 Å². The van der Waals surface area contributed by atoms with Crippen LogP contribution in [0.1, 0.15) is 18.9 Å². The number of benzene rings is 1. The van der Waals surface area contributed by atoms with Crippen molar-refractivity contribution in [1.29, 1.82) is 0 Å². The second-order valence-corrected chi connectivity index (χ2v) is 4.42. The molecule has 0 saturated heterocycles. The van der Waals surface area contributed by atoms with Gasteiger partial charge < -0.3 is 21.3 Å². The molecular weight excluding hydrogens is 260 g/mol. The number of carboxylic acids is 2. The van der Waals surface area contributed by atoms with Crippen molar-refractivity contribution < 1.29 is 19.8 Å². The lowest BCUT2D eigenvalue weighted by molar-refractivity contribution is -0.144. The van der Waals surface area contributed by atoms with Crippen molar-refractivity contribution in [3.8, 4) is 0 Å². The van der Waals surface area contributed by atoms with Crippen LogP contribution in [0.4, 0.5) is 0 Å². The molecule has 1 unspecified atom stereocenters. The van der Waals surface area contributed by atoms with E-state index < -0.39 is 24.4 Å². The summed E-state index contributed by atoms with van der Waals surface area (Å²) in [6, 6.07) is 9.81. The summed E-state index contributed by atoms with van der Waals surface area (Å²) < 4.78 is 0. The summed E-state index contributed by atoms with van der Waals surface area (Å²) >= 11 is 0. The highest BCUT2D eigenvalue weighted by Gasteiger charge is 2.14. The molecule has 1 aromatic rings. The van der Waals surface area contributed by atoms with E-state index in [2.05, 4.69) is 36.5 Å². The van der Waals surface area contributed by atoms with Gasteiger partial charge in [0.15, 0.2) is 0 Å². The van der Waals surface area contributed by atoms with Gasteiger partial charge in [-0.1, -0.05) is 30.3 Å². The van der Waals surface area contributed by atoms with Gasteiger partial charge in [0.05, 0.1) is 6.42 Å². The summed E-state index contributed by atoms with van der Waals surface area (Å²) in [7, 11) is 1.99. The molecule has 1 rings (SSSR count). The summed E-state index contributed by atoms with van der Waals surface area (Å²) in [5.41, 5.74) is 6.23. The van der Waals surface area contributed by atoms with Gasteiger partial charge in [0, 0.05) is 6.04 Å². The van der Waals surface area contributed by atoms with Crippen LogP contribution in [0, 0.1) is 0 Å². The summed E-state index contributed by atoms with van der Waals surface area (Å²) in [6.45, 7) is 2.19.